The van der Waals surface area contributed by atoms with Gasteiger partial charge in [0.15, 0.2) is 0 Å². The number of halogens is 2. The van der Waals surface area contributed by atoms with Crippen molar-refractivity contribution in [2.75, 3.05) is 18.8 Å². The molecule has 1 aromatic carbocycles. The van der Waals surface area contributed by atoms with Gasteiger partial charge in [0.05, 0.1) is 5.25 Å². The summed E-state index contributed by atoms with van der Waals surface area (Å²) in [4.78, 5) is 0. The molecule has 118 valence electrons. The SMILES string of the molecule is CC(C)S(=O)(=O)N1CCSC(c2cc(F)ccc2F)CC1. The Kier molecular flexibility index (Phi) is 5.27. The van der Waals surface area contributed by atoms with E-state index in [2.05, 4.69) is 0 Å². The van der Waals surface area contributed by atoms with Crippen molar-refractivity contribution in [3.63, 3.8) is 0 Å². The molecule has 1 heterocycles. The Labute approximate surface area is 128 Å². The first kappa shape index (κ1) is 16.7. The molecule has 1 atom stereocenters. The second-order valence-electron chi connectivity index (χ2n) is 5.31. The van der Waals surface area contributed by atoms with Gasteiger partial charge in [-0.05, 0) is 38.5 Å². The predicted octanol–water partition coefficient (Wildman–Crippen LogP) is 3.18. The fraction of sp³-hybridized carbons (Fsp3) is 0.571. The molecule has 0 aliphatic carbocycles. The lowest BCUT2D eigenvalue weighted by Gasteiger charge is -2.22. The Morgan fingerprint density at radius 1 is 1.29 bits per heavy atom. The third-order valence-electron chi connectivity index (χ3n) is 3.56. The number of hydrogen-bond donors (Lipinski definition) is 0. The van der Waals surface area contributed by atoms with Crippen LogP contribution in [0, 0.1) is 11.6 Å². The molecule has 0 aromatic heterocycles. The van der Waals surface area contributed by atoms with Gasteiger partial charge in [-0.15, -0.1) is 0 Å². The molecule has 0 N–H and O–H groups in total. The van der Waals surface area contributed by atoms with Crippen LogP contribution in [0.5, 0.6) is 0 Å². The van der Waals surface area contributed by atoms with Crippen molar-refractivity contribution in [3.8, 4) is 0 Å². The number of sulfonamides is 1. The van der Waals surface area contributed by atoms with Crippen molar-refractivity contribution < 1.29 is 17.2 Å². The monoisotopic (exact) mass is 335 g/mol. The predicted molar refractivity (Wildman–Crippen MR) is 81.8 cm³/mol. The molecule has 0 bridgehead atoms. The van der Waals surface area contributed by atoms with Crippen LogP contribution >= 0.6 is 11.8 Å². The van der Waals surface area contributed by atoms with Crippen molar-refractivity contribution in [1.29, 1.82) is 0 Å². The standard InChI is InChI=1S/C14H19F2NO2S2/c1-10(2)21(18,19)17-6-5-14(20-8-7-17)12-9-11(15)3-4-13(12)16/h3-4,9-10,14H,5-8H2,1-2H3. The smallest absolute Gasteiger partial charge is 0.212 e. The molecular formula is C14H19F2NO2S2. The van der Waals surface area contributed by atoms with E-state index >= 15 is 0 Å². The molecule has 1 saturated heterocycles. The summed E-state index contributed by atoms with van der Waals surface area (Å²) in [5, 5.41) is -0.682. The van der Waals surface area contributed by atoms with Crippen LogP contribution in [0.4, 0.5) is 8.78 Å². The van der Waals surface area contributed by atoms with Crippen LogP contribution in [0.2, 0.25) is 0 Å². The molecular weight excluding hydrogens is 316 g/mol. The van der Waals surface area contributed by atoms with E-state index in [0.29, 0.717) is 30.8 Å². The van der Waals surface area contributed by atoms with Gasteiger partial charge < -0.3 is 0 Å². The molecule has 0 spiro atoms. The third-order valence-corrected chi connectivity index (χ3v) is 7.15. The summed E-state index contributed by atoms with van der Waals surface area (Å²) in [5.74, 6) is -0.330. The minimum Gasteiger partial charge on any atom is -0.212 e. The van der Waals surface area contributed by atoms with Gasteiger partial charge in [0.1, 0.15) is 11.6 Å². The van der Waals surface area contributed by atoms with Gasteiger partial charge in [-0.25, -0.2) is 21.5 Å². The zero-order valence-corrected chi connectivity index (χ0v) is 13.7. The van der Waals surface area contributed by atoms with E-state index < -0.39 is 26.9 Å². The molecule has 3 nitrogen and oxygen atoms in total. The zero-order valence-electron chi connectivity index (χ0n) is 12.1. The molecule has 1 fully saturated rings. The van der Waals surface area contributed by atoms with Crippen LogP contribution in [0.1, 0.15) is 31.1 Å². The topological polar surface area (TPSA) is 37.4 Å². The maximum Gasteiger partial charge on any atom is 0.216 e. The maximum absolute atomic E-state index is 13.8. The summed E-state index contributed by atoms with van der Waals surface area (Å²) in [7, 11) is -3.30. The molecule has 7 heteroatoms. The Hall–Kier alpha value is -0.660. The van der Waals surface area contributed by atoms with E-state index in [0.717, 1.165) is 12.1 Å². The lowest BCUT2D eigenvalue weighted by Crippen LogP contribution is -2.37. The van der Waals surface area contributed by atoms with E-state index in [4.69, 9.17) is 0 Å². The van der Waals surface area contributed by atoms with Gasteiger partial charge in [0.25, 0.3) is 0 Å². The highest BCUT2D eigenvalue weighted by Crippen LogP contribution is 2.36. The third kappa shape index (κ3) is 3.76. The van der Waals surface area contributed by atoms with Crippen molar-refractivity contribution in [1.82, 2.24) is 4.31 Å². The van der Waals surface area contributed by atoms with E-state index in [1.807, 2.05) is 0 Å². The van der Waals surface area contributed by atoms with Gasteiger partial charge in [-0.3, -0.25) is 0 Å². The van der Waals surface area contributed by atoms with Crippen molar-refractivity contribution in [3.05, 3.63) is 35.4 Å². The molecule has 1 aromatic rings. The average Bonchev–Trinajstić information content (AvgIpc) is 2.67. The zero-order chi connectivity index (χ0) is 15.6. The van der Waals surface area contributed by atoms with Gasteiger partial charge in [-0.2, -0.15) is 11.8 Å². The fourth-order valence-electron chi connectivity index (χ4n) is 2.31. The highest BCUT2D eigenvalue weighted by atomic mass is 32.2. The summed E-state index contributed by atoms with van der Waals surface area (Å²) in [6, 6.07) is 3.42. The highest BCUT2D eigenvalue weighted by Gasteiger charge is 2.29. The van der Waals surface area contributed by atoms with Gasteiger partial charge in [-0.1, -0.05) is 0 Å². The summed E-state index contributed by atoms with van der Waals surface area (Å²) < 4.78 is 53.0. The Bertz CT molecular complexity index is 605. The van der Waals surface area contributed by atoms with E-state index in [-0.39, 0.29) is 5.25 Å². The van der Waals surface area contributed by atoms with Crippen LogP contribution in [0.25, 0.3) is 0 Å². The first-order chi connectivity index (χ1) is 9.82. The largest absolute Gasteiger partial charge is 0.216 e. The molecule has 21 heavy (non-hydrogen) atoms. The molecule has 0 saturated carbocycles. The second-order valence-corrected chi connectivity index (χ2v) is 9.11. The van der Waals surface area contributed by atoms with Crippen molar-refractivity contribution in [2.24, 2.45) is 0 Å². The van der Waals surface area contributed by atoms with E-state index in [9.17, 15) is 17.2 Å². The Balaban J connectivity index is 2.16. The van der Waals surface area contributed by atoms with Gasteiger partial charge in [0, 0.05) is 29.7 Å². The molecule has 1 aliphatic heterocycles. The lowest BCUT2D eigenvalue weighted by atomic mass is 10.1. The number of benzene rings is 1. The summed E-state index contributed by atoms with van der Waals surface area (Å²) in [6.45, 7) is 4.06. The molecule has 1 unspecified atom stereocenters. The van der Waals surface area contributed by atoms with Crippen LogP contribution in [-0.4, -0.2) is 36.8 Å². The normalized spacial score (nSPS) is 21.5. The first-order valence-corrected chi connectivity index (χ1v) is 9.43. The van der Waals surface area contributed by atoms with E-state index in [1.165, 1.54) is 22.1 Å². The molecule has 0 radical (unpaired) electrons. The highest BCUT2D eigenvalue weighted by molar-refractivity contribution is 7.99. The minimum absolute atomic E-state index is 0.215. The molecule has 0 amide bonds. The van der Waals surface area contributed by atoms with Gasteiger partial charge >= 0.3 is 0 Å². The fourth-order valence-corrected chi connectivity index (χ4v) is 4.97. The lowest BCUT2D eigenvalue weighted by molar-refractivity contribution is 0.421. The Morgan fingerprint density at radius 3 is 2.67 bits per heavy atom. The average molecular weight is 335 g/mol. The van der Waals surface area contributed by atoms with Crippen molar-refractivity contribution in [2.45, 2.75) is 30.8 Å². The number of thioether (sulfide) groups is 1. The van der Waals surface area contributed by atoms with Crippen LogP contribution in [0.15, 0.2) is 18.2 Å². The molecule has 2 rings (SSSR count). The van der Waals surface area contributed by atoms with E-state index in [1.54, 1.807) is 13.8 Å². The number of nitrogens with zero attached hydrogens (tertiary/aromatic N) is 1. The van der Waals surface area contributed by atoms with Crippen LogP contribution < -0.4 is 0 Å². The maximum atomic E-state index is 13.8. The second kappa shape index (κ2) is 6.62. The number of hydrogen-bond acceptors (Lipinski definition) is 3. The van der Waals surface area contributed by atoms with Crippen LogP contribution in [-0.2, 0) is 10.0 Å². The van der Waals surface area contributed by atoms with Gasteiger partial charge in [0.2, 0.25) is 10.0 Å². The molecule has 1 aliphatic rings. The quantitative estimate of drug-likeness (QED) is 0.851. The number of rotatable bonds is 3. The first-order valence-electron chi connectivity index (χ1n) is 6.88. The minimum atomic E-state index is -3.30. The Morgan fingerprint density at radius 2 is 2.00 bits per heavy atom. The summed E-state index contributed by atoms with van der Waals surface area (Å²) >= 11 is 1.48. The van der Waals surface area contributed by atoms with Crippen LogP contribution in [0.3, 0.4) is 0 Å². The van der Waals surface area contributed by atoms with Crippen molar-refractivity contribution >= 4 is 21.8 Å². The summed E-state index contributed by atoms with van der Waals surface area (Å²) in [5.41, 5.74) is 0.323. The summed E-state index contributed by atoms with van der Waals surface area (Å²) in [6.07, 6.45) is 0.483.